The highest BCUT2D eigenvalue weighted by molar-refractivity contribution is 5.50. The number of aliphatic hydroxyl groups excluding tert-OH is 1. The van der Waals surface area contributed by atoms with Gasteiger partial charge in [0.25, 0.3) is 0 Å². The molecule has 19 heavy (non-hydrogen) atoms. The number of nitrogens with zero attached hydrogens (tertiary/aromatic N) is 2. The first kappa shape index (κ1) is 13.9. The van der Waals surface area contributed by atoms with Crippen molar-refractivity contribution in [1.29, 1.82) is 5.26 Å². The van der Waals surface area contributed by atoms with Gasteiger partial charge in [0.15, 0.2) is 0 Å². The lowest BCUT2D eigenvalue weighted by atomic mass is 9.96. The van der Waals surface area contributed by atoms with Gasteiger partial charge in [-0.05, 0) is 44.5 Å². The molecule has 0 saturated carbocycles. The molecule has 2 rings (SSSR count). The zero-order valence-corrected chi connectivity index (χ0v) is 11.6. The molecular formula is C15H21N3O. The summed E-state index contributed by atoms with van der Waals surface area (Å²) in [4.78, 5) is 2.32. The summed E-state index contributed by atoms with van der Waals surface area (Å²) < 4.78 is 0. The monoisotopic (exact) mass is 259 g/mol. The van der Waals surface area contributed by atoms with Gasteiger partial charge in [0, 0.05) is 37.0 Å². The maximum Gasteiger partial charge on any atom is 0.0991 e. The van der Waals surface area contributed by atoms with Gasteiger partial charge in [-0.15, -0.1) is 0 Å². The van der Waals surface area contributed by atoms with Gasteiger partial charge in [-0.3, -0.25) is 0 Å². The summed E-state index contributed by atoms with van der Waals surface area (Å²) in [6.07, 6.45) is 0.760. The van der Waals surface area contributed by atoms with Gasteiger partial charge in [0.1, 0.15) is 0 Å². The molecule has 1 aliphatic heterocycles. The van der Waals surface area contributed by atoms with E-state index in [1.54, 1.807) is 0 Å². The molecule has 2 N–H and O–H groups in total. The normalized spacial score (nSPS) is 22.0. The summed E-state index contributed by atoms with van der Waals surface area (Å²) in [6.45, 7) is 6.35. The van der Waals surface area contributed by atoms with Crippen molar-refractivity contribution in [3.63, 3.8) is 0 Å². The standard InChI is InChI=1S/C15H21N3O/c1-15(2)11-18(10-13(17-15)7-8-19)14-5-3-12(9-16)4-6-14/h3-6,13,17,19H,7-8,10-11H2,1-2H3. The number of hydrogen-bond acceptors (Lipinski definition) is 4. The first-order valence-corrected chi connectivity index (χ1v) is 6.68. The van der Waals surface area contributed by atoms with E-state index in [-0.39, 0.29) is 12.1 Å². The Balaban J connectivity index is 2.15. The Morgan fingerprint density at radius 2 is 2.11 bits per heavy atom. The predicted octanol–water partition coefficient (Wildman–Crippen LogP) is 1.50. The quantitative estimate of drug-likeness (QED) is 0.863. The van der Waals surface area contributed by atoms with Gasteiger partial charge in [0.05, 0.1) is 11.6 Å². The topological polar surface area (TPSA) is 59.3 Å². The minimum Gasteiger partial charge on any atom is -0.396 e. The van der Waals surface area contributed by atoms with Gasteiger partial charge in [0.2, 0.25) is 0 Å². The van der Waals surface area contributed by atoms with Crippen LogP contribution in [0.2, 0.25) is 0 Å². The smallest absolute Gasteiger partial charge is 0.0991 e. The van der Waals surface area contributed by atoms with Crippen molar-refractivity contribution in [2.24, 2.45) is 0 Å². The maximum absolute atomic E-state index is 9.12. The van der Waals surface area contributed by atoms with Crippen molar-refractivity contribution >= 4 is 5.69 Å². The van der Waals surface area contributed by atoms with Crippen molar-refractivity contribution in [3.05, 3.63) is 29.8 Å². The van der Waals surface area contributed by atoms with Crippen LogP contribution < -0.4 is 10.2 Å². The minimum absolute atomic E-state index is 0.0198. The number of anilines is 1. The molecule has 1 aromatic rings. The van der Waals surface area contributed by atoms with Crippen LogP contribution in [0.4, 0.5) is 5.69 Å². The fourth-order valence-corrected chi connectivity index (χ4v) is 2.71. The van der Waals surface area contributed by atoms with Gasteiger partial charge in [-0.2, -0.15) is 5.26 Å². The Morgan fingerprint density at radius 1 is 1.42 bits per heavy atom. The summed E-state index contributed by atoms with van der Waals surface area (Å²) in [5.41, 5.74) is 1.84. The number of rotatable bonds is 3. The Bertz CT molecular complexity index is 461. The third kappa shape index (κ3) is 3.46. The molecule has 4 heteroatoms. The summed E-state index contributed by atoms with van der Waals surface area (Å²) in [7, 11) is 0. The van der Waals surface area contributed by atoms with Crippen LogP contribution in [-0.2, 0) is 0 Å². The van der Waals surface area contributed by atoms with Crippen molar-refractivity contribution in [2.75, 3.05) is 24.6 Å². The molecular weight excluding hydrogens is 238 g/mol. The van der Waals surface area contributed by atoms with Crippen LogP contribution in [-0.4, -0.2) is 36.4 Å². The summed E-state index contributed by atoms with van der Waals surface area (Å²) in [6, 6.07) is 10.1. The summed E-state index contributed by atoms with van der Waals surface area (Å²) in [5, 5.41) is 21.5. The molecule has 1 unspecified atom stereocenters. The van der Waals surface area contributed by atoms with E-state index in [9.17, 15) is 0 Å². The molecule has 1 heterocycles. The molecule has 1 aliphatic rings. The highest BCUT2D eigenvalue weighted by Crippen LogP contribution is 2.23. The number of piperazine rings is 1. The maximum atomic E-state index is 9.12. The second-order valence-electron chi connectivity index (χ2n) is 5.78. The van der Waals surface area contributed by atoms with Gasteiger partial charge >= 0.3 is 0 Å². The van der Waals surface area contributed by atoms with E-state index < -0.39 is 0 Å². The van der Waals surface area contributed by atoms with Crippen LogP contribution in [0.25, 0.3) is 0 Å². The van der Waals surface area contributed by atoms with Crippen LogP contribution in [0.1, 0.15) is 25.8 Å². The van der Waals surface area contributed by atoms with E-state index in [1.165, 1.54) is 0 Å². The van der Waals surface area contributed by atoms with Crippen molar-refractivity contribution < 1.29 is 5.11 Å². The molecule has 0 radical (unpaired) electrons. The lowest BCUT2D eigenvalue weighted by Gasteiger charge is -2.45. The Hall–Kier alpha value is -1.57. The van der Waals surface area contributed by atoms with Gasteiger partial charge in [-0.1, -0.05) is 0 Å². The molecule has 1 atom stereocenters. The molecule has 102 valence electrons. The molecule has 1 saturated heterocycles. The molecule has 0 amide bonds. The highest BCUT2D eigenvalue weighted by atomic mass is 16.3. The fraction of sp³-hybridized carbons (Fsp3) is 0.533. The SMILES string of the molecule is CC1(C)CN(c2ccc(C#N)cc2)CC(CCO)N1. The second-order valence-corrected chi connectivity index (χ2v) is 5.78. The third-order valence-electron chi connectivity index (χ3n) is 3.46. The minimum atomic E-state index is 0.0198. The zero-order valence-electron chi connectivity index (χ0n) is 11.6. The number of nitrogens with one attached hydrogen (secondary N) is 1. The lowest BCUT2D eigenvalue weighted by Crippen LogP contribution is -2.62. The second kappa shape index (κ2) is 5.60. The Labute approximate surface area is 114 Å². The first-order valence-electron chi connectivity index (χ1n) is 6.68. The first-order chi connectivity index (χ1) is 9.04. The van der Waals surface area contributed by atoms with E-state index in [1.807, 2.05) is 24.3 Å². The highest BCUT2D eigenvalue weighted by Gasteiger charge is 2.31. The Kier molecular flexibility index (Phi) is 4.08. The largest absolute Gasteiger partial charge is 0.396 e. The molecule has 0 aliphatic carbocycles. The Morgan fingerprint density at radius 3 is 2.68 bits per heavy atom. The number of nitriles is 1. The van der Waals surface area contributed by atoms with Gasteiger partial charge < -0.3 is 15.3 Å². The van der Waals surface area contributed by atoms with Gasteiger partial charge in [-0.25, -0.2) is 0 Å². The lowest BCUT2D eigenvalue weighted by molar-refractivity contribution is 0.224. The van der Waals surface area contributed by atoms with Crippen LogP contribution in [0.5, 0.6) is 0 Å². The summed E-state index contributed by atoms with van der Waals surface area (Å²) in [5.74, 6) is 0. The molecule has 1 fully saturated rings. The molecule has 4 nitrogen and oxygen atoms in total. The number of benzene rings is 1. The molecule has 1 aromatic carbocycles. The third-order valence-corrected chi connectivity index (χ3v) is 3.46. The van der Waals surface area contributed by atoms with Crippen LogP contribution in [0.15, 0.2) is 24.3 Å². The average molecular weight is 259 g/mol. The van der Waals surface area contributed by atoms with Crippen LogP contribution in [0, 0.1) is 11.3 Å². The van der Waals surface area contributed by atoms with Crippen LogP contribution in [0.3, 0.4) is 0 Å². The zero-order chi connectivity index (χ0) is 13.9. The van der Waals surface area contributed by atoms with E-state index in [4.69, 9.17) is 10.4 Å². The van der Waals surface area contributed by atoms with Crippen molar-refractivity contribution in [3.8, 4) is 6.07 Å². The van der Waals surface area contributed by atoms with E-state index in [0.717, 1.165) is 25.2 Å². The number of aliphatic hydroxyl groups is 1. The fourth-order valence-electron chi connectivity index (χ4n) is 2.71. The van der Waals surface area contributed by atoms with Crippen molar-refractivity contribution in [1.82, 2.24) is 5.32 Å². The average Bonchev–Trinajstić information content (AvgIpc) is 2.37. The van der Waals surface area contributed by atoms with Crippen LogP contribution >= 0.6 is 0 Å². The number of hydrogen-bond donors (Lipinski definition) is 2. The van der Waals surface area contributed by atoms with E-state index in [2.05, 4.69) is 30.1 Å². The summed E-state index contributed by atoms with van der Waals surface area (Å²) >= 11 is 0. The molecule has 0 spiro atoms. The molecule has 0 aromatic heterocycles. The molecule has 0 bridgehead atoms. The van der Waals surface area contributed by atoms with E-state index in [0.29, 0.717) is 11.6 Å². The van der Waals surface area contributed by atoms with E-state index >= 15 is 0 Å². The van der Waals surface area contributed by atoms with Crippen molar-refractivity contribution in [2.45, 2.75) is 31.8 Å². The predicted molar refractivity (Wildman–Crippen MR) is 76.1 cm³/mol.